The van der Waals surface area contributed by atoms with Gasteiger partial charge in [0.15, 0.2) is 0 Å². The fourth-order valence-corrected chi connectivity index (χ4v) is 2.29. The van der Waals surface area contributed by atoms with Crippen molar-refractivity contribution in [3.63, 3.8) is 0 Å². The summed E-state index contributed by atoms with van der Waals surface area (Å²) in [5, 5.41) is 12.0. The van der Waals surface area contributed by atoms with E-state index in [9.17, 15) is 0 Å². The molecule has 0 spiro atoms. The second-order valence-electron chi connectivity index (χ2n) is 5.62. The Morgan fingerprint density at radius 2 is 1.71 bits per heavy atom. The summed E-state index contributed by atoms with van der Waals surface area (Å²) in [6.07, 6.45) is 0. The molecule has 0 fully saturated rings. The van der Waals surface area contributed by atoms with Crippen LogP contribution < -0.4 is 15.6 Å². The standard InChI is InChI=1S/C20H24N4/c1-15-10-12-20(13-11-15)24(21-5)18(4)23-17(3)22-14-19-9-7-6-8-16(19)2/h6-13,22-23H,3-5,14H2,1-2H3. The van der Waals surface area contributed by atoms with Crippen molar-refractivity contribution >= 4 is 12.4 Å². The molecular formula is C20H24N4. The van der Waals surface area contributed by atoms with Crippen LogP contribution in [0, 0.1) is 13.8 Å². The highest BCUT2D eigenvalue weighted by Crippen LogP contribution is 2.18. The zero-order valence-corrected chi connectivity index (χ0v) is 14.3. The van der Waals surface area contributed by atoms with Crippen LogP contribution in [0.4, 0.5) is 5.69 Å². The summed E-state index contributed by atoms with van der Waals surface area (Å²) in [5.74, 6) is 1.24. The Hall–Kier alpha value is -3.01. The largest absolute Gasteiger partial charge is 0.368 e. The van der Waals surface area contributed by atoms with Crippen LogP contribution in [0.3, 0.4) is 0 Å². The average Bonchev–Trinajstić information content (AvgIpc) is 2.56. The number of hydrogen-bond donors (Lipinski definition) is 2. The van der Waals surface area contributed by atoms with E-state index < -0.39 is 0 Å². The Morgan fingerprint density at radius 3 is 2.33 bits per heavy atom. The molecule has 0 amide bonds. The molecule has 0 bridgehead atoms. The molecule has 4 nitrogen and oxygen atoms in total. The molecule has 0 unspecified atom stereocenters. The first-order chi connectivity index (χ1) is 11.5. The van der Waals surface area contributed by atoms with Crippen molar-refractivity contribution in [2.45, 2.75) is 20.4 Å². The Labute approximate surface area is 144 Å². The van der Waals surface area contributed by atoms with E-state index in [0.29, 0.717) is 18.2 Å². The molecule has 0 heterocycles. The molecule has 0 radical (unpaired) electrons. The molecule has 2 aromatic rings. The van der Waals surface area contributed by atoms with Crippen LogP contribution in [0.1, 0.15) is 16.7 Å². The first-order valence-corrected chi connectivity index (χ1v) is 7.78. The maximum atomic E-state index is 4.03. The number of hydrogen-bond acceptors (Lipinski definition) is 4. The van der Waals surface area contributed by atoms with Gasteiger partial charge in [-0.1, -0.05) is 55.1 Å². The monoisotopic (exact) mass is 320 g/mol. The molecule has 2 N–H and O–H groups in total. The number of anilines is 1. The smallest absolute Gasteiger partial charge is 0.126 e. The van der Waals surface area contributed by atoms with Gasteiger partial charge in [-0.3, -0.25) is 0 Å². The Bertz CT molecular complexity index is 732. The van der Waals surface area contributed by atoms with Crippen molar-refractivity contribution in [3.8, 4) is 0 Å². The minimum Gasteiger partial charge on any atom is -0.368 e. The molecule has 0 aliphatic heterocycles. The first kappa shape index (κ1) is 17.3. The van der Waals surface area contributed by atoms with Gasteiger partial charge in [0, 0.05) is 13.3 Å². The fraction of sp³-hybridized carbons (Fsp3) is 0.150. The third kappa shape index (κ3) is 4.49. The second kappa shape index (κ2) is 8.02. The molecule has 0 saturated heterocycles. The quantitative estimate of drug-likeness (QED) is 0.569. The molecule has 0 aliphatic carbocycles. The lowest BCUT2D eigenvalue weighted by Crippen LogP contribution is -2.31. The first-order valence-electron chi connectivity index (χ1n) is 7.78. The van der Waals surface area contributed by atoms with E-state index in [0.717, 1.165) is 5.69 Å². The number of rotatable bonds is 8. The van der Waals surface area contributed by atoms with Crippen LogP contribution in [0.15, 0.2) is 78.4 Å². The van der Waals surface area contributed by atoms with Gasteiger partial charge < -0.3 is 10.6 Å². The Balaban J connectivity index is 1.94. The number of aryl methyl sites for hydroxylation is 2. The molecule has 0 aromatic heterocycles. The predicted octanol–water partition coefficient (Wildman–Crippen LogP) is 4.05. The van der Waals surface area contributed by atoms with Crippen LogP contribution in [0.5, 0.6) is 0 Å². The second-order valence-corrected chi connectivity index (χ2v) is 5.62. The van der Waals surface area contributed by atoms with E-state index >= 15 is 0 Å². The fourth-order valence-electron chi connectivity index (χ4n) is 2.29. The average molecular weight is 320 g/mol. The third-order valence-electron chi connectivity index (χ3n) is 3.72. The van der Waals surface area contributed by atoms with Gasteiger partial charge in [-0.25, -0.2) is 5.01 Å². The zero-order valence-electron chi connectivity index (χ0n) is 14.3. The van der Waals surface area contributed by atoms with E-state index in [1.54, 1.807) is 5.01 Å². The summed E-state index contributed by atoms with van der Waals surface area (Å²) in [6, 6.07) is 16.2. The lowest BCUT2D eigenvalue weighted by Gasteiger charge is -2.23. The minimum atomic E-state index is 0.580. The van der Waals surface area contributed by atoms with Gasteiger partial charge in [-0.15, -0.1) is 0 Å². The third-order valence-corrected chi connectivity index (χ3v) is 3.72. The molecule has 2 aromatic carbocycles. The highest BCUT2D eigenvalue weighted by molar-refractivity contribution is 5.53. The molecule has 124 valence electrons. The van der Waals surface area contributed by atoms with Gasteiger partial charge in [-0.2, -0.15) is 5.10 Å². The van der Waals surface area contributed by atoms with Crippen LogP contribution in [0.2, 0.25) is 0 Å². The maximum Gasteiger partial charge on any atom is 0.126 e. The summed E-state index contributed by atoms with van der Waals surface area (Å²) >= 11 is 0. The van der Waals surface area contributed by atoms with Gasteiger partial charge in [0.05, 0.1) is 11.5 Å². The lowest BCUT2D eigenvalue weighted by molar-refractivity contribution is 0.722. The molecular weight excluding hydrogens is 296 g/mol. The lowest BCUT2D eigenvalue weighted by atomic mass is 10.1. The minimum absolute atomic E-state index is 0.580. The predicted molar refractivity (Wildman–Crippen MR) is 103 cm³/mol. The highest BCUT2D eigenvalue weighted by atomic mass is 15.5. The van der Waals surface area contributed by atoms with Crippen LogP contribution >= 0.6 is 0 Å². The van der Waals surface area contributed by atoms with Gasteiger partial charge in [0.2, 0.25) is 0 Å². The van der Waals surface area contributed by atoms with E-state index in [1.807, 2.05) is 43.3 Å². The van der Waals surface area contributed by atoms with Crippen LogP contribution in [-0.4, -0.2) is 6.72 Å². The molecule has 24 heavy (non-hydrogen) atoms. The number of hydrazone groups is 1. The van der Waals surface area contributed by atoms with Crippen molar-refractivity contribution in [1.82, 2.24) is 10.6 Å². The van der Waals surface area contributed by atoms with Gasteiger partial charge in [0.1, 0.15) is 5.82 Å². The van der Waals surface area contributed by atoms with Gasteiger partial charge in [-0.05, 0) is 37.1 Å². The van der Waals surface area contributed by atoms with Crippen LogP contribution in [0.25, 0.3) is 0 Å². The van der Waals surface area contributed by atoms with Gasteiger partial charge in [0.25, 0.3) is 0 Å². The molecule has 0 atom stereocenters. The van der Waals surface area contributed by atoms with Crippen molar-refractivity contribution in [2.24, 2.45) is 5.10 Å². The van der Waals surface area contributed by atoms with E-state index in [-0.39, 0.29) is 0 Å². The number of benzene rings is 2. The summed E-state index contributed by atoms with van der Waals surface area (Å²) in [5.41, 5.74) is 4.54. The van der Waals surface area contributed by atoms with Crippen molar-refractivity contribution < 1.29 is 0 Å². The zero-order chi connectivity index (χ0) is 17.5. The Kier molecular flexibility index (Phi) is 5.79. The van der Waals surface area contributed by atoms with E-state index in [4.69, 9.17) is 0 Å². The summed E-state index contributed by atoms with van der Waals surface area (Å²) in [4.78, 5) is 0. The number of nitrogens with one attached hydrogen (secondary N) is 2. The normalized spacial score (nSPS) is 9.92. The van der Waals surface area contributed by atoms with Crippen molar-refractivity contribution in [1.29, 1.82) is 0 Å². The molecule has 0 saturated carbocycles. The van der Waals surface area contributed by atoms with Crippen LogP contribution in [-0.2, 0) is 6.54 Å². The SMILES string of the molecule is C=NN(C(=C)NC(=C)NCc1ccccc1C)c1ccc(C)cc1. The topological polar surface area (TPSA) is 39.7 Å². The molecule has 0 aliphatic rings. The maximum absolute atomic E-state index is 4.03. The van der Waals surface area contributed by atoms with E-state index in [1.165, 1.54) is 16.7 Å². The Morgan fingerprint density at radius 1 is 1.04 bits per heavy atom. The van der Waals surface area contributed by atoms with Crippen molar-refractivity contribution in [3.05, 3.63) is 90.0 Å². The number of nitrogens with zero attached hydrogens (tertiary/aromatic N) is 2. The summed E-state index contributed by atoms with van der Waals surface area (Å²) in [6.45, 7) is 16.5. The van der Waals surface area contributed by atoms with Gasteiger partial charge >= 0.3 is 0 Å². The van der Waals surface area contributed by atoms with Crippen molar-refractivity contribution in [2.75, 3.05) is 5.01 Å². The summed E-state index contributed by atoms with van der Waals surface area (Å²) in [7, 11) is 0. The highest BCUT2D eigenvalue weighted by Gasteiger charge is 2.09. The van der Waals surface area contributed by atoms with E-state index in [2.05, 4.69) is 54.7 Å². The summed E-state index contributed by atoms with van der Waals surface area (Å²) < 4.78 is 0. The molecule has 4 heteroatoms. The molecule has 2 rings (SSSR count).